The Balaban J connectivity index is 2.12. The van der Waals surface area contributed by atoms with Crippen LogP contribution >= 0.6 is 11.6 Å². The van der Waals surface area contributed by atoms with E-state index in [1.165, 1.54) is 25.7 Å². The van der Waals surface area contributed by atoms with Crippen molar-refractivity contribution in [1.82, 2.24) is 9.78 Å². The molecule has 0 saturated heterocycles. The van der Waals surface area contributed by atoms with E-state index in [9.17, 15) is 5.26 Å². The molecule has 1 saturated carbocycles. The highest BCUT2D eigenvalue weighted by atomic mass is 35.5. The molecule has 1 heterocycles. The average molecular weight is 294 g/mol. The van der Waals surface area contributed by atoms with E-state index in [0.29, 0.717) is 0 Å². The first kappa shape index (κ1) is 15.4. The third-order valence-electron chi connectivity index (χ3n) is 4.76. The predicted octanol–water partition coefficient (Wildman–Crippen LogP) is 4.42. The van der Waals surface area contributed by atoms with Crippen LogP contribution < -0.4 is 0 Å². The molecule has 3 nitrogen and oxygen atoms in total. The van der Waals surface area contributed by atoms with E-state index >= 15 is 0 Å². The first-order valence-corrected chi connectivity index (χ1v) is 7.98. The van der Waals surface area contributed by atoms with Crippen LogP contribution in [0.4, 0.5) is 0 Å². The summed E-state index contributed by atoms with van der Waals surface area (Å²) >= 11 is 6.34. The van der Waals surface area contributed by atoms with Crippen molar-refractivity contribution in [3.63, 3.8) is 0 Å². The maximum atomic E-state index is 9.68. The first-order chi connectivity index (χ1) is 9.51. The largest absolute Gasteiger partial charge is 0.271 e. The minimum Gasteiger partial charge on any atom is -0.271 e. The smallest absolute Gasteiger partial charge is 0.0847 e. The normalized spacial score (nSPS) is 26.4. The quantitative estimate of drug-likeness (QED) is 0.824. The fourth-order valence-electron chi connectivity index (χ4n) is 3.45. The van der Waals surface area contributed by atoms with Gasteiger partial charge in [0.2, 0.25) is 0 Å². The van der Waals surface area contributed by atoms with Crippen LogP contribution in [0.25, 0.3) is 0 Å². The summed E-state index contributed by atoms with van der Waals surface area (Å²) in [6.07, 6.45) is 7.62. The van der Waals surface area contributed by atoms with Gasteiger partial charge >= 0.3 is 0 Å². The van der Waals surface area contributed by atoms with Gasteiger partial charge in [-0.1, -0.05) is 31.4 Å². The molecule has 1 aromatic rings. The third kappa shape index (κ3) is 3.01. The van der Waals surface area contributed by atoms with Gasteiger partial charge in [0, 0.05) is 13.5 Å². The second-order valence-corrected chi connectivity index (χ2v) is 6.65. The summed E-state index contributed by atoms with van der Waals surface area (Å²) in [5.41, 5.74) is 1.63. The molecule has 0 unspecified atom stereocenters. The van der Waals surface area contributed by atoms with Crippen molar-refractivity contribution in [2.45, 2.75) is 58.8 Å². The molecule has 0 N–H and O–H groups in total. The number of hydrogen-bond acceptors (Lipinski definition) is 2. The van der Waals surface area contributed by atoms with E-state index in [1.807, 2.05) is 18.7 Å². The number of nitrogens with zero attached hydrogens (tertiary/aromatic N) is 3. The highest BCUT2D eigenvalue weighted by Gasteiger charge is 2.37. The SMILES string of the molecule is CCCC1CCC(C#N)(Cc2c(Cl)c(C)nn2C)CC1. The molecule has 0 amide bonds. The Morgan fingerprint density at radius 1 is 1.45 bits per heavy atom. The van der Waals surface area contributed by atoms with Gasteiger partial charge in [0.15, 0.2) is 0 Å². The molecule has 2 rings (SSSR count). The van der Waals surface area contributed by atoms with Crippen LogP contribution in [0, 0.1) is 29.6 Å². The average Bonchev–Trinajstić information content (AvgIpc) is 2.68. The van der Waals surface area contributed by atoms with Gasteiger partial charge in [-0.05, 0) is 38.5 Å². The summed E-state index contributed by atoms with van der Waals surface area (Å²) in [5.74, 6) is 0.810. The molecule has 0 aromatic carbocycles. The molecule has 20 heavy (non-hydrogen) atoms. The Morgan fingerprint density at radius 3 is 2.55 bits per heavy atom. The summed E-state index contributed by atoms with van der Waals surface area (Å²) < 4.78 is 1.84. The lowest BCUT2D eigenvalue weighted by atomic mass is 9.68. The molecule has 4 heteroatoms. The summed E-state index contributed by atoms with van der Waals surface area (Å²) in [6.45, 7) is 4.16. The van der Waals surface area contributed by atoms with Crippen molar-refractivity contribution in [1.29, 1.82) is 5.26 Å². The molecule has 1 fully saturated rings. The molecule has 0 aliphatic heterocycles. The number of halogens is 1. The van der Waals surface area contributed by atoms with Gasteiger partial charge in [0.1, 0.15) is 0 Å². The summed E-state index contributed by atoms with van der Waals surface area (Å²) in [7, 11) is 1.92. The maximum absolute atomic E-state index is 9.68. The van der Waals surface area contributed by atoms with E-state index < -0.39 is 0 Å². The predicted molar refractivity (Wildman–Crippen MR) is 81.6 cm³/mol. The van der Waals surface area contributed by atoms with Crippen LogP contribution in [-0.2, 0) is 13.5 Å². The van der Waals surface area contributed by atoms with Crippen molar-refractivity contribution in [3.05, 3.63) is 16.4 Å². The van der Waals surface area contributed by atoms with Crippen LogP contribution in [0.1, 0.15) is 56.8 Å². The Morgan fingerprint density at radius 2 is 2.10 bits per heavy atom. The van der Waals surface area contributed by atoms with Crippen LogP contribution in [0.2, 0.25) is 5.02 Å². The van der Waals surface area contributed by atoms with Crippen molar-refractivity contribution >= 4 is 11.6 Å². The van der Waals surface area contributed by atoms with Crippen LogP contribution in [0.5, 0.6) is 0 Å². The second-order valence-electron chi connectivity index (χ2n) is 6.27. The van der Waals surface area contributed by atoms with Gasteiger partial charge in [-0.2, -0.15) is 10.4 Å². The molecule has 1 aliphatic rings. The highest BCUT2D eigenvalue weighted by Crippen LogP contribution is 2.43. The van der Waals surface area contributed by atoms with Crippen molar-refractivity contribution < 1.29 is 0 Å². The van der Waals surface area contributed by atoms with Crippen molar-refractivity contribution in [2.75, 3.05) is 0 Å². The monoisotopic (exact) mass is 293 g/mol. The van der Waals surface area contributed by atoms with E-state index in [1.54, 1.807) is 0 Å². The van der Waals surface area contributed by atoms with Crippen molar-refractivity contribution in [2.24, 2.45) is 18.4 Å². The van der Waals surface area contributed by atoms with E-state index in [-0.39, 0.29) is 5.41 Å². The lowest BCUT2D eigenvalue weighted by Gasteiger charge is -2.35. The Bertz CT molecular complexity index is 505. The van der Waals surface area contributed by atoms with E-state index in [0.717, 1.165) is 41.6 Å². The third-order valence-corrected chi connectivity index (χ3v) is 5.26. The molecule has 1 aromatic heterocycles. The molecular weight excluding hydrogens is 270 g/mol. The molecule has 0 radical (unpaired) electrons. The van der Waals surface area contributed by atoms with Gasteiger partial charge in [-0.3, -0.25) is 4.68 Å². The zero-order valence-electron chi connectivity index (χ0n) is 12.7. The number of nitriles is 1. The number of aromatic nitrogens is 2. The maximum Gasteiger partial charge on any atom is 0.0847 e. The number of hydrogen-bond donors (Lipinski definition) is 0. The molecular formula is C16H24ClN3. The standard InChI is InChI=1S/C16H24ClN3/c1-4-5-13-6-8-16(11-18,9-7-13)10-14-15(17)12(2)19-20(14)3/h13H,4-10H2,1-3H3. The lowest BCUT2D eigenvalue weighted by molar-refractivity contribution is 0.198. The molecule has 0 atom stereocenters. The Labute approximate surface area is 126 Å². The fraction of sp³-hybridized carbons (Fsp3) is 0.750. The van der Waals surface area contributed by atoms with E-state index in [2.05, 4.69) is 18.1 Å². The van der Waals surface area contributed by atoms with E-state index in [4.69, 9.17) is 11.6 Å². The molecule has 1 aliphatic carbocycles. The van der Waals surface area contributed by atoms with Gasteiger partial charge in [-0.25, -0.2) is 0 Å². The van der Waals surface area contributed by atoms with Crippen LogP contribution in [0.15, 0.2) is 0 Å². The number of rotatable bonds is 4. The molecule has 110 valence electrons. The lowest BCUT2D eigenvalue weighted by Crippen LogP contribution is -2.29. The minimum absolute atomic E-state index is 0.242. The minimum atomic E-state index is -0.242. The van der Waals surface area contributed by atoms with Gasteiger partial charge in [0.05, 0.1) is 27.9 Å². The summed E-state index contributed by atoms with van der Waals surface area (Å²) in [4.78, 5) is 0. The zero-order chi connectivity index (χ0) is 14.8. The summed E-state index contributed by atoms with van der Waals surface area (Å²) in [5, 5.41) is 14.8. The second kappa shape index (κ2) is 6.18. The molecule has 0 bridgehead atoms. The topological polar surface area (TPSA) is 41.6 Å². The Kier molecular flexibility index (Phi) is 4.75. The fourth-order valence-corrected chi connectivity index (χ4v) is 3.67. The van der Waals surface area contributed by atoms with Crippen LogP contribution in [0.3, 0.4) is 0 Å². The van der Waals surface area contributed by atoms with Gasteiger partial charge in [-0.15, -0.1) is 0 Å². The van der Waals surface area contributed by atoms with Crippen LogP contribution in [-0.4, -0.2) is 9.78 Å². The number of aryl methyl sites for hydroxylation is 2. The van der Waals surface area contributed by atoms with Crippen molar-refractivity contribution in [3.8, 4) is 6.07 Å². The highest BCUT2D eigenvalue weighted by molar-refractivity contribution is 6.31. The molecule has 0 spiro atoms. The Hall–Kier alpha value is -1.01. The first-order valence-electron chi connectivity index (χ1n) is 7.60. The van der Waals surface area contributed by atoms with Gasteiger partial charge < -0.3 is 0 Å². The zero-order valence-corrected chi connectivity index (χ0v) is 13.5. The van der Waals surface area contributed by atoms with Gasteiger partial charge in [0.25, 0.3) is 0 Å². The summed E-state index contributed by atoms with van der Waals surface area (Å²) in [6, 6.07) is 2.59.